The van der Waals surface area contributed by atoms with Gasteiger partial charge < -0.3 is 5.73 Å². The number of nitrogens with zero attached hydrogens (tertiary/aromatic N) is 2. The van der Waals surface area contributed by atoms with E-state index in [0.29, 0.717) is 11.5 Å². The zero-order valence-corrected chi connectivity index (χ0v) is 18.4. The van der Waals surface area contributed by atoms with Crippen molar-refractivity contribution in [2.75, 3.05) is 7.05 Å². The first-order valence-electron chi connectivity index (χ1n) is 10.6. The van der Waals surface area contributed by atoms with E-state index in [-0.39, 0.29) is 17.7 Å². The molecule has 30 heavy (non-hydrogen) atoms. The van der Waals surface area contributed by atoms with Crippen LogP contribution in [0.5, 0.6) is 0 Å². The molecule has 5 heteroatoms. The topological polar surface area (TPSA) is 58.7 Å². The number of halogens is 1. The van der Waals surface area contributed by atoms with E-state index in [1.165, 1.54) is 27.7 Å². The molecule has 0 saturated carbocycles. The molecule has 2 N–H and O–H groups in total. The molecule has 0 fully saturated rings. The molecule has 2 atom stereocenters. The Morgan fingerprint density at radius 3 is 2.70 bits per heavy atom. The zero-order valence-electron chi connectivity index (χ0n) is 18.4. The van der Waals surface area contributed by atoms with Gasteiger partial charge in [-0.15, -0.1) is 0 Å². The molecule has 4 nitrogen and oxygen atoms in total. The molecule has 0 spiro atoms. The minimum absolute atomic E-state index is 0.118. The molecule has 2 aromatic carbocycles. The Kier molecular flexibility index (Phi) is 4.75. The molecule has 1 heterocycles. The number of aryl methyl sites for hydroxylation is 2. The summed E-state index contributed by atoms with van der Waals surface area (Å²) in [5.74, 6) is 0.0221. The van der Waals surface area contributed by atoms with Crippen molar-refractivity contribution in [1.82, 2.24) is 4.90 Å². The molecule has 0 aromatic heterocycles. The van der Waals surface area contributed by atoms with Gasteiger partial charge in [0.1, 0.15) is 11.4 Å². The third kappa shape index (κ3) is 2.94. The van der Waals surface area contributed by atoms with Crippen LogP contribution in [0.4, 0.5) is 4.39 Å². The summed E-state index contributed by atoms with van der Waals surface area (Å²) >= 11 is 0. The number of carbonyl (C=O) groups is 1. The molecule has 4 rings (SSSR count). The first kappa shape index (κ1) is 20.6. The van der Waals surface area contributed by atoms with Crippen LogP contribution in [0.1, 0.15) is 60.9 Å². The van der Waals surface area contributed by atoms with Gasteiger partial charge >= 0.3 is 0 Å². The number of amides is 1. The van der Waals surface area contributed by atoms with E-state index in [1.807, 2.05) is 32.9 Å². The third-order valence-electron chi connectivity index (χ3n) is 7.36. The highest BCUT2D eigenvalue weighted by Crippen LogP contribution is 2.47. The lowest BCUT2D eigenvalue weighted by Gasteiger charge is -2.46. The normalized spacial score (nSPS) is 25.3. The number of benzene rings is 2. The Hall–Kier alpha value is -2.69. The van der Waals surface area contributed by atoms with Gasteiger partial charge in [0.2, 0.25) is 5.91 Å². The number of aliphatic imine (C=N–C) groups is 1. The van der Waals surface area contributed by atoms with Crippen molar-refractivity contribution < 1.29 is 9.18 Å². The van der Waals surface area contributed by atoms with Gasteiger partial charge in [0.15, 0.2) is 5.96 Å². The smallest absolute Gasteiger partial charge is 0.237 e. The molecule has 0 bridgehead atoms. The number of hydrogen-bond donors (Lipinski definition) is 1. The van der Waals surface area contributed by atoms with E-state index in [0.717, 1.165) is 24.8 Å². The van der Waals surface area contributed by atoms with Crippen molar-refractivity contribution in [3.63, 3.8) is 0 Å². The summed E-state index contributed by atoms with van der Waals surface area (Å²) in [6.07, 6.45) is 3.03. The SMILES string of the molecule is Cc1cccc2c1C(Cc1ccc(F)c([C@@]3(C)N=C(N)N(C)C(=O)C3(C)C)c1)CC2. The van der Waals surface area contributed by atoms with Crippen molar-refractivity contribution in [2.45, 2.75) is 58.4 Å². The largest absolute Gasteiger partial charge is 0.369 e. The van der Waals surface area contributed by atoms with E-state index < -0.39 is 11.0 Å². The average molecular weight is 408 g/mol. The summed E-state index contributed by atoms with van der Waals surface area (Å²) in [7, 11) is 1.61. The predicted molar refractivity (Wildman–Crippen MR) is 118 cm³/mol. The zero-order chi connectivity index (χ0) is 21.8. The highest BCUT2D eigenvalue weighted by Gasteiger charge is 2.53. The number of carbonyl (C=O) groups excluding carboxylic acids is 1. The van der Waals surface area contributed by atoms with Crippen molar-refractivity contribution in [3.05, 3.63) is 70.0 Å². The van der Waals surface area contributed by atoms with Gasteiger partial charge in [0.05, 0.1) is 5.41 Å². The summed E-state index contributed by atoms with van der Waals surface area (Å²) < 4.78 is 15.1. The summed E-state index contributed by atoms with van der Waals surface area (Å²) in [6, 6.07) is 11.8. The molecule has 0 radical (unpaired) electrons. The van der Waals surface area contributed by atoms with E-state index in [2.05, 4.69) is 30.1 Å². The average Bonchev–Trinajstić information content (AvgIpc) is 3.11. The monoisotopic (exact) mass is 407 g/mol. The molecule has 1 aliphatic heterocycles. The highest BCUT2D eigenvalue weighted by atomic mass is 19.1. The lowest BCUT2D eigenvalue weighted by atomic mass is 9.67. The van der Waals surface area contributed by atoms with Crippen LogP contribution in [0.15, 0.2) is 41.4 Å². The fourth-order valence-electron chi connectivity index (χ4n) is 5.15. The number of guanidine groups is 1. The first-order valence-corrected chi connectivity index (χ1v) is 10.6. The van der Waals surface area contributed by atoms with Gasteiger partial charge in [-0.2, -0.15) is 0 Å². The molecule has 158 valence electrons. The minimum atomic E-state index is -1.08. The summed E-state index contributed by atoms with van der Waals surface area (Å²) in [5, 5.41) is 0. The second-order valence-electron chi connectivity index (χ2n) is 9.43. The van der Waals surface area contributed by atoms with Gasteiger partial charge in [-0.1, -0.05) is 30.3 Å². The van der Waals surface area contributed by atoms with Crippen molar-refractivity contribution in [1.29, 1.82) is 0 Å². The highest BCUT2D eigenvalue weighted by molar-refractivity contribution is 6.01. The molecular formula is C25H30FN3O. The fourth-order valence-corrected chi connectivity index (χ4v) is 5.15. The molecule has 1 amide bonds. The van der Waals surface area contributed by atoms with Crippen LogP contribution in [0.3, 0.4) is 0 Å². The Bertz CT molecular complexity index is 1060. The van der Waals surface area contributed by atoms with Crippen LogP contribution in [0.25, 0.3) is 0 Å². The van der Waals surface area contributed by atoms with E-state index in [4.69, 9.17) is 5.73 Å². The Morgan fingerprint density at radius 1 is 1.23 bits per heavy atom. The predicted octanol–water partition coefficient (Wildman–Crippen LogP) is 4.43. The molecule has 1 aliphatic carbocycles. The van der Waals surface area contributed by atoms with Crippen LogP contribution in [-0.4, -0.2) is 23.8 Å². The fraction of sp³-hybridized carbons (Fsp3) is 0.440. The van der Waals surface area contributed by atoms with Crippen LogP contribution in [-0.2, 0) is 23.2 Å². The number of rotatable bonds is 3. The van der Waals surface area contributed by atoms with E-state index in [1.54, 1.807) is 7.05 Å². The van der Waals surface area contributed by atoms with Crippen molar-refractivity contribution >= 4 is 11.9 Å². The molecule has 1 unspecified atom stereocenters. The van der Waals surface area contributed by atoms with E-state index >= 15 is 4.39 Å². The molecule has 2 aliphatic rings. The van der Waals surface area contributed by atoms with Gasteiger partial charge in [-0.25, -0.2) is 9.38 Å². The second kappa shape index (κ2) is 6.93. The maximum atomic E-state index is 15.1. The minimum Gasteiger partial charge on any atom is -0.369 e. The maximum Gasteiger partial charge on any atom is 0.237 e. The lowest BCUT2D eigenvalue weighted by Crippen LogP contribution is -2.58. The summed E-state index contributed by atoms with van der Waals surface area (Å²) in [4.78, 5) is 18.9. The lowest BCUT2D eigenvalue weighted by molar-refractivity contribution is -0.140. The summed E-state index contributed by atoms with van der Waals surface area (Å²) in [6.45, 7) is 7.59. The van der Waals surface area contributed by atoms with Gasteiger partial charge in [0.25, 0.3) is 0 Å². The summed E-state index contributed by atoms with van der Waals surface area (Å²) in [5.41, 5.74) is 9.69. The van der Waals surface area contributed by atoms with Gasteiger partial charge in [-0.3, -0.25) is 9.69 Å². The van der Waals surface area contributed by atoms with Gasteiger partial charge in [-0.05, 0) is 81.2 Å². The molecular weight excluding hydrogens is 377 g/mol. The first-order chi connectivity index (χ1) is 14.1. The van der Waals surface area contributed by atoms with E-state index in [9.17, 15) is 4.79 Å². The third-order valence-corrected chi connectivity index (χ3v) is 7.36. The molecule has 2 aromatic rings. The number of fused-ring (bicyclic) bond motifs is 1. The Balaban J connectivity index is 1.75. The Labute approximate surface area is 178 Å². The Morgan fingerprint density at radius 2 is 1.97 bits per heavy atom. The van der Waals surface area contributed by atoms with Crippen LogP contribution >= 0.6 is 0 Å². The number of nitrogens with two attached hydrogens (primary N) is 1. The number of hydrogen-bond acceptors (Lipinski definition) is 3. The van der Waals surface area contributed by atoms with Gasteiger partial charge in [0, 0.05) is 12.6 Å². The second-order valence-corrected chi connectivity index (χ2v) is 9.43. The quantitative estimate of drug-likeness (QED) is 0.818. The van der Waals surface area contributed by atoms with Crippen molar-refractivity contribution in [3.8, 4) is 0 Å². The van der Waals surface area contributed by atoms with Crippen LogP contribution in [0, 0.1) is 18.2 Å². The van der Waals surface area contributed by atoms with Crippen molar-refractivity contribution in [2.24, 2.45) is 16.1 Å². The molecule has 0 saturated heterocycles. The standard InChI is InChI=1S/C25H30FN3O/c1-15-7-6-8-17-10-11-18(21(15)17)13-16-9-12-20(26)19(14-16)25(4)24(2,3)22(30)29(5)23(27)28-25/h6-9,12,14,18H,10-11,13H2,1-5H3,(H2,27,28)/t18?,25-/m1/s1. The van der Waals surface area contributed by atoms with Crippen LogP contribution in [0.2, 0.25) is 0 Å². The maximum absolute atomic E-state index is 15.1. The van der Waals surface area contributed by atoms with Crippen LogP contribution < -0.4 is 5.73 Å².